The molecule has 1 atom stereocenters. The number of sulfonamides is 1. The summed E-state index contributed by atoms with van der Waals surface area (Å²) in [7, 11) is -2.18. The van der Waals surface area contributed by atoms with Gasteiger partial charge in [0.2, 0.25) is 10.0 Å². The molecular formula is C18H30N2O5S. The number of methoxy groups -OCH3 is 1. The second-order valence-corrected chi connectivity index (χ2v) is 7.97. The molecule has 0 aromatic heterocycles. The lowest BCUT2D eigenvalue weighted by Gasteiger charge is -2.21. The summed E-state index contributed by atoms with van der Waals surface area (Å²) >= 11 is 0. The van der Waals surface area contributed by atoms with Crippen LogP contribution in [0.1, 0.15) is 41.0 Å². The summed E-state index contributed by atoms with van der Waals surface area (Å²) in [4.78, 5) is 12.5. The molecule has 0 aliphatic rings. The Hall–Kier alpha value is -1.64. The maximum absolute atomic E-state index is 12.8. The molecule has 0 radical (unpaired) electrons. The van der Waals surface area contributed by atoms with Gasteiger partial charge in [-0.05, 0) is 38.5 Å². The molecule has 0 spiro atoms. The summed E-state index contributed by atoms with van der Waals surface area (Å²) in [5.74, 6) is 0.0683. The molecule has 0 aliphatic carbocycles. The molecule has 1 aromatic rings. The average Bonchev–Trinajstić information content (AvgIpc) is 2.57. The first-order chi connectivity index (χ1) is 12.2. The monoisotopic (exact) mass is 386 g/mol. The molecule has 1 aromatic carbocycles. The van der Waals surface area contributed by atoms with Gasteiger partial charge in [-0.3, -0.25) is 4.79 Å². The zero-order valence-corrected chi connectivity index (χ0v) is 17.2. The number of hydrogen-bond donors (Lipinski definition) is 1. The first-order valence-electron chi connectivity index (χ1n) is 8.85. The van der Waals surface area contributed by atoms with E-state index < -0.39 is 16.1 Å². The van der Waals surface area contributed by atoms with Gasteiger partial charge < -0.3 is 14.8 Å². The number of amides is 1. The summed E-state index contributed by atoms with van der Waals surface area (Å²) in [6.45, 7) is 9.85. The van der Waals surface area contributed by atoms with Crippen molar-refractivity contribution < 1.29 is 22.7 Å². The van der Waals surface area contributed by atoms with Gasteiger partial charge in [0, 0.05) is 20.2 Å². The third-order valence-electron chi connectivity index (χ3n) is 3.86. The lowest BCUT2D eigenvalue weighted by atomic mass is 10.2. The number of nitrogens with zero attached hydrogens (tertiary/aromatic N) is 1. The molecule has 1 rings (SSSR count). The zero-order chi connectivity index (χ0) is 19.9. The van der Waals surface area contributed by atoms with Crippen molar-refractivity contribution in [3.63, 3.8) is 0 Å². The highest BCUT2D eigenvalue weighted by atomic mass is 32.2. The first-order valence-corrected chi connectivity index (χ1v) is 10.3. The van der Waals surface area contributed by atoms with Crippen molar-refractivity contribution in [1.29, 1.82) is 0 Å². The van der Waals surface area contributed by atoms with Crippen LogP contribution in [0.25, 0.3) is 0 Å². The molecule has 8 heteroatoms. The number of benzene rings is 1. The largest absolute Gasteiger partial charge is 0.489 e. The Kier molecular flexibility index (Phi) is 8.52. The van der Waals surface area contributed by atoms with Crippen molar-refractivity contribution in [2.24, 2.45) is 0 Å². The number of carbonyl (C=O) groups is 1. The first kappa shape index (κ1) is 22.4. The molecule has 0 aliphatic heterocycles. The van der Waals surface area contributed by atoms with Crippen LogP contribution in [0, 0.1) is 0 Å². The summed E-state index contributed by atoms with van der Waals surface area (Å²) in [6, 6.07) is 4.50. The van der Waals surface area contributed by atoms with Gasteiger partial charge in [0.15, 0.2) is 0 Å². The van der Waals surface area contributed by atoms with Crippen molar-refractivity contribution in [2.75, 3.05) is 25.5 Å². The maximum atomic E-state index is 12.8. The summed E-state index contributed by atoms with van der Waals surface area (Å²) in [5.41, 5.74) is 0.312. The molecule has 1 unspecified atom stereocenters. The van der Waals surface area contributed by atoms with E-state index in [1.54, 1.807) is 19.9 Å². The lowest BCUT2D eigenvalue weighted by molar-refractivity contribution is -0.125. The van der Waals surface area contributed by atoms with Crippen LogP contribution in [0.3, 0.4) is 0 Å². The fourth-order valence-corrected chi connectivity index (χ4v) is 3.99. The van der Waals surface area contributed by atoms with Gasteiger partial charge in [0.25, 0.3) is 5.91 Å². The SMILES string of the molecule is CCC(OC)C(=O)Nc1cc(S(=O)(=O)N(CC)CC)ccc1OC(C)C. The molecule has 0 saturated carbocycles. The summed E-state index contributed by atoms with van der Waals surface area (Å²) in [6.07, 6.45) is -0.245. The molecule has 0 bridgehead atoms. The van der Waals surface area contributed by atoms with Gasteiger partial charge in [-0.15, -0.1) is 0 Å². The topological polar surface area (TPSA) is 84.9 Å². The minimum absolute atomic E-state index is 0.109. The Morgan fingerprint density at radius 3 is 2.27 bits per heavy atom. The Labute approximate surface area is 156 Å². The van der Waals surface area contributed by atoms with Crippen LogP contribution in [-0.2, 0) is 19.6 Å². The van der Waals surface area contributed by atoms with Crippen LogP contribution in [0.4, 0.5) is 5.69 Å². The normalized spacial score (nSPS) is 13.1. The Bertz CT molecular complexity index is 696. The van der Waals surface area contributed by atoms with E-state index in [4.69, 9.17) is 9.47 Å². The van der Waals surface area contributed by atoms with E-state index in [9.17, 15) is 13.2 Å². The molecule has 0 fully saturated rings. The lowest BCUT2D eigenvalue weighted by Crippen LogP contribution is -2.31. The third-order valence-corrected chi connectivity index (χ3v) is 5.91. The smallest absolute Gasteiger partial charge is 0.253 e. The van der Waals surface area contributed by atoms with Crippen molar-refractivity contribution in [3.05, 3.63) is 18.2 Å². The van der Waals surface area contributed by atoms with E-state index in [1.807, 2.05) is 20.8 Å². The van der Waals surface area contributed by atoms with Gasteiger partial charge in [0.05, 0.1) is 16.7 Å². The highest BCUT2D eigenvalue weighted by Crippen LogP contribution is 2.30. The van der Waals surface area contributed by atoms with Crippen LogP contribution in [0.2, 0.25) is 0 Å². The highest BCUT2D eigenvalue weighted by Gasteiger charge is 2.24. The Morgan fingerprint density at radius 1 is 1.19 bits per heavy atom. The van der Waals surface area contributed by atoms with E-state index in [-0.39, 0.29) is 16.9 Å². The predicted octanol–water partition coefficient (Wildman–Crippen LogP) is 2.87. The Morgan fingerprint density at radius 2 is 1.81 bits per heavy atom. The number of carbonyl (C=O) groups excluding carboxylic acids is 1. The number of rotatable bonds is 10. The minimum atomic E-state index is -3.64. The summed E-state index contributed by atoms with van der Waals surface area (Å²) in [5, 5.41) is 2.73. The molecule has 1 N–H and O–H groups in total. The van der Waals surface area contributed by atoms with Crippen molar-refractivity contribution in [1.82, 2.24) is 4.31 Å². The fraction of sp³-hybridized carbons (Fsp3) is 0.611. The van der Waals surface area contributed by atoms with Crippen LogP contribution in [0.15, 0.2) is 23.1 Å². The van der Waals surface area contributed by atoms with E-state index in [1.165, 1.54) is 23.5 Å². The van der Waals surface area contributed by atoms with Crippen molar-refractivity contribution in [3.8, 4) is 5.75 Å². The summed E-state index contributed by atoms with van der Waals surface area (Å²) < 4.78 is 37.7. The van der Waals surface area contributed by atoms with E-state index >= 15 is 0 Å². The van der Waals surface area contributed by atoms with Gasteiger partial charge >= 0.3 is 0 Å². The number of nitrogens with one attached hydrogen (secondary N) is 1. The van der Waals surface area contributed by atoms with Crippen molar-refractivity contribution in [2.45, 2.75) is 58.1 Å². The average molecular weight is 387 g/mol. The van der Waals surface area contributed by atoms with Crippen molar-refractivity contribution >= 4 is 21.6 Å². The van der Waals surface area contributed by atoms with Gasteiger partial charge in [-0.2, -0.15) is 4.31 Å². The molecule has 0 saturated heterocycles. The van der Waals surface area contributed by atoms with Crippen LogP contribution in [0.5, 0.6) is 5.75 Å². The van der Waals surface area contributed by atoms with Gasteiger partial charge in [-0.1, -0.05) is 20.8 Å². The zero-order valence-electron chi connectivity index (χ0n) is 16.4. The van der Waals surface area contributed by atoms with Crippen LogP contribution in [-0.4, -0.2) is 51.0 Å². The van der Waals surface area contributed by atoms with E-state index in [0.29, 0.717) is 30.9 Å². The Balaban J connectivity index is 3.33. The molecule has 26 heavy (non-hydrogen) atoms. The van der Waals surface area contributed by atoms with Gasteiger partial charge in [0.1, 0.15) is 11.9 Å². The van der Waals surface area contributed by atoms with E-state index in [2.05, 4.69) is 5.32 Å². The number of anilines is 1. The molecule has 0 heterocycles. The highest BCUT2D eigenvalue weighted by molar-refractivity contribution is 7.89. The van der Waals surface area contributed by atoms with E-state index in [0.717, 1.165) is 0 Å². The predicted molar refractivity (Wildman–Crippen MR) is 102 cm³/mol. The van der Waals surface area contributed by atoms with Gasteiger partial charge in [-0.25, -0.2) is 8.42 Å². The van der Waals surface area contributed by atoms with Crippen LogP contribution < -0.4 is 10.1 Å². The second-order valence-electron chi connectivity index (χ2n) is 6.04. The number of hydrogen-bond acceptors (Lipinski definition) is 5. The second kappa shape index (κ2) is 9.89. The molecule has 1 amide bonds. The molecular weight excluding hydrogens is 356 g/mol. The maximum Gasteiger partial charge on any atom is 0.253 e. The fourth-order valence-electron chi connectivity index (χ4n) is 2.51. The van der Waals surface area contributed by atoms with Crippen LogP contribution >= 0.6 is 0 Å². The minimum Gasteiger partial charge on any atom is -0.489 e. The molecule has 148 valence electrons. The molecule has 7 nitrogen and oxygen atoms in total. The standard InChI is InChI=1S/C18H30N2O5S/c1-7-16(24-6)18(21)19-15-12-14(10-11-17(15)25-13(4)5)26(22,23)20(8-2)9-3/h10-13,16H,7-9H2,1-6H3,(H,19,21). The third kappa shape index (κ3) is 5.43. The quantitative estimate of drug-likeness (QED) is 0.668. The number of ether oxygens (including phenoxy) is 2.